The molecule has 164 valence electrons. The topological polar surface area (TPSA) is 81.1 Å². The number of benzene rings is 3. The highest BCUT2D eigenvalue weighted by Gasteiger charge is 2.19. The second-order valence-corrected chi connectivity index (χ2v) is 9.70. The van der Waals surface area contributed by atoms with E-state index in [1.54, 1.807) is 34.9 Å². The molecule has 4 aromatic rings. The van der Waals surface area contributed by atoms with Gasteiger partial charge in [-0.15, -0.1) is 0 Å². The molecule has 0 saturated carbocycles. The molecule has 1 heterocycles. The number of para-hydroxylation sites is 1. The number of sulfonamides is 1. The summed E-state index contributed by atoms with van der Waals surface area (Å²) in [6, 6.07) is 19.2. The normalized spacial score (nSPS) is 11.7. The van der Waals surface area contributed by atoms with E-state index in [1.165, 1.54) is 12.1 Å². The van der Waals surface area contributed by atoms with E-state index >= 15 is 0 Å². The molecule has 3 aromatic carbocycles. The molecule has 4 rings (SSSR count). The Hall–Kier alpha value is -3.00. The van der Waals surface area contributed by atoms with Gasteiger partial charge in [-0.1, -0.05) is 53.6 Å². The van der Waals surface area contributed by atoms with E-state index < -0.39 is 10.0 Å². The van der Waals surface area contributed by atoms with Crippen LogP contribution in [0.15, 0.2) is 76.4 Å². The van der Waals surface area contributed by atoms with Crippen LogP contribution in [0.3, 0.4) is 0 Å². The Kier molecular flexibility index (Phi) is 6.15. The van der Waals surface area contributed by atoms with Crippen LogP contribution in [0.2, 0.25) is 5.02 Å². The first-order chi connectivity index (χ1) is 15.3. The van der Waals surface area contributed by atoms with Crippen LogP contribution in [-0.4, -0.2) is 24.5 Å². The average molecular weight is 468 g/mol. The van der Waals surface area contributed by atoms with Crippen LogP contribution >= 0.6 is 11.6 Å². The average Bonchev–Trinajstić information content (AvgIpc) is 2.75. The first-order valence-electron chi connectivity index (χ1n) is 10.1. The molecule has 0 radical (unpaired) electrons. The molecule has 8 heteroatoms. The number of fused-ring (bicyclic) bond motifs is 1. The van der Waals surface area contributed by atoms with Crippen molar-refractivity contribution in [1.29, 1.82) is 0 Å². The van der Waals surface area contributed by atoms with Gasteiger partial charge in [0.05, 0.1) is 21.6 Å². The van der Waals surface area contributed by atoms with Crippen molar-refractivity contribution >= 4 is 32.5 Å². The van der Waals surface area contributed by atoms with Gasteiger partial charge in [-0.3, -0.25) is 9.36 Å². The van der Waals surface area contributed by atoms with Crippen LogP contribution in [0.1, 0.15) is 17.0 Å². The summed E-state index contributed by atoms with van der Waals surface area (Å²) in [6.07, 6.45) is 0.219. The Morgan fingerprint density at radius 3 is 2.47 bits per heavy atom. The molecule has 0 saturated heterocycles. The molecule has 6 nitrogen and oxygen atoms in total. The Balaban J connectivity index is 1.73. The first-order valence-corrected chi connectivity index (χ1v) is 12.0. The highest BCUT2D eigenvalue weighted by atomic mass is 35.5. The van der Waals surface area contributed by atoms with Crippen LogP contribution in [0.4, 0.5) is 0 Å². The van der Waals surface area contributed by atoms with Crippen LogP contribution in [-0.2, 0) is 16.4 Å². The minimum Gasteiger partial charge on any atom is -0.268 e. The SMILES string of the molecule is Cc1ccc(-n2c(CCNS(=O)(=O)c3ccccc3Cl)nc3ccccc3c2=O)c(C)c1. The highest BCUT2D eigenvalue weighted by molar-refractivity contribution is 7.89. The molecular weight excluding hydrogens is 446 g/mol. The second kappa shape index (κ2) is 8.86. The standard InChI is InChI=1S/C24H22ClN3O3S/c1-16-11-12-21(17(2)15-16)28-23(27-20-9-5-3-7-18(20)24(28)29)13-14-26-32(30,31)22-10-6-4-8-19(22)25/h3-12,15,26H,13-14H2,1-2H3. The molecule has 0 atom stereocenters. The molecule has 0 fully saturated rings. The van der Waals surface area contributed by atoms with Crippen LogP contribution in [0, 0.1) is 13.8 Å². The minimum absolute atomic E-state index is 0.0138. The second-order valence-electron chi connectivity index (χ2n) is 7.55. The molecule has 0 aliphatic heterocycles. The summed E-state index contributed by atoms with van der Waals surface area (Å²) >= 11 is 6.05. The van der Waals surface area contributed by atoms with Crippen molar-refractivity contribution in [3.05, 3.63) is 99.1 Å². The van der Waals surface area contributed by atoms with Crippen molar-refractivity contribution in [3.8, 4) is 5.69 Å². The Morgan fingerprint density at radius 1 is 1.00 bits per heavy atom. The molecule has 1 aromatic heterocycles. The first kappa shape index (κ1) is 22.2. The highest BCUT2D eigenvalue weighted by Crippen LogP contribution is 2.21. The Labute approximate surface area is 191 Å². The maximum atomic E-state index is 13.4. The molecule has 0 spiro atoms. The van der Waals surface area contributed by atoms with E-state index in [0.717, 1.165) is 16.8 Å². The molecule has 0 aliphatic carbocycles. The van der Waals surface area contributed by atoms with Crippen molar-refractivity contribution in [2.45, 2.75) is 25.2 Å². The zero-order valence-electron chi connectivity index (χ0n) is 17.7. The fourth-order valence-electron chi connectivity index (χ4n) is 3.69. The van der Waals surface area contributed by atoms with Crippen LogP contribution in [0.5, 0.6) is 0 Å². The molecule has 0 amide bonds. The maximum Gasteiger partial charge on any atom is 0.265 e. The van der Waals surface area contributed by atoms with Crippen molar-refractivity contribution in [3.63, 3.8) is 0 Å². The summed E-state index contributed by atoms with van der Waals surface area (Å²) in [4.78, 5) is 18.1. The van der Waals surface area contributed by atoms with E-state index in [9.17, 15) is 13.2 Å². The van der Waals surface area contributed by atoms with Crippen LogP contribution in [0.25, 0.3) is 16.6 Å². The smallest absolute Gasteiger partial charge is 0.265 e. The number of halogens is 1. The molecule has 1 N–H and O–H groups in total. The van der Waals surface area contributed by atoms with Crippen molar-refractivity contribution in [2.75, 3.05) is 6.54 Å². The lowest BCUT2D eigenvalue weighted by Crippen LogP contribution is -2.30. The predicted octanol–water partition coefficient (Wildman–Crippen LogP) is 4.18. The van der Waals surface area contributed by atoms with Gasteiger partial charge in [0.25, 0.3) is 5.56 Å². The largest absolute Gasteiger partial charge is 0.268 e. The summed E-state index contributed by atoms with van der Waals surface area (Å²) in [7, 11) is -3.80. The summed E-state index contributed by atoms with van der Waals surface area (Å²) in [5.74, 6) is 0.475. The summed E-state index contributed by atoms with van der Waals surface area (Å²) < 4.78 is 29.5. The van der Waals surface area contributed by atoms with E-state index in [-0.39, 0.29) is 28.4 Å². The molecule has 0 aliphatic rings. The lowest BCUT2D eigenvalue weighted by Gasteiger charge is -2.16. The number of nitrogens with zero attached hydrogens (tertiary/aromatic N) is 2. The zero-order chi connectivity index (χ0) is 22.9. The summed E-state index contributed by atoms with van der Waals surface area (Å²) in [5, 5.41) is 0.656. The fourth-order valence-corrected chi connectivity index (χ4v) is 5.24. The van der Waals surface area contributed by atoms with Crippen LogP contribution < -0.4 is 10.3 Å². The lowest BCUT2D eigenvalue weighted by molar-refractivity contribution is 0.580. The molecule has 0 bridgehead atoms. The van der Waals surface area contributed by atoms with E-state index in [0.29, 0.717) is 16.7 Å². The number of nitrogens with one attached hydrogen (secondary N) is 1. The van der Waals surface area contributed by atoms with Gasteiger partial charge in [0.15, 0.2) is 0 Å². The number of hydrogen-bond acceptors (Lipinski definition) is 4. The number of aromatic nitrogens is 2. The van der Waals surface area contributed by atoms with E-state index in [1.807, 2.05) is 38.1 Å². The van der Waals surface area contributed by atoms with Gasteiger partial charge in [0.2, 0.25) is 10.0 Å². The van der Waals surface area contributed by atoms with Crippen molar-refractivity contribution < 1.29 is 8.42 Å². The van der Waals surface area contributed by atoms with Gasteiger partial charge in [-0.05, 0) is 49.7 Å². The van der Waals surface area contributed by atoms with E-state index in [2.05, 4.69) is 9.71 Å². The zero-order valence-corrected chi connectivity index (χ0v) is 19.2. The summed E-state index contributed by atoms with van der Waals surface area (Å²) in [6.45, 7) is 3.99. The Morgan fingerprint density at radius 2 is 1.72 bits per heavy atom. The number of rotatable bonds is 6. The third kappa shape index (κ3) is 4.32. The maximum absolute atomic E-state index is 13.4. The van der Waals surface area contributed by atoms with Gasteiger partial charge >= 0.3 is 0 Å². The third-order valence-electron chi connectivity index (χ3n) is 5.21. The van der Waals surface area contributed by atoms with Gasteiger partial charge in [0, 0.05) is 13.0 Å². The lowest BCUT2D eigenvalue weighted by atomic mass is 10.1. The Bertz CT molecular complexity index is 1480. The number of aryl methyl sites for hydroxylation is 2. The van der Waals surface area contributed by atoms with Crippen molar-refractivity contribution in [1.82, 2.24) is 14.3 Å². The third-order valence-corrected chi connectivity index (χ3v) is 7.17. The van der Waals surface area contributed by atoms with Crippen molar-refractivity contribution in [2.24, 2.45) is 0 Å². The minimum atomic E-state index is -3.80. The monoisotopic (exact) mass is 467 g/mol. The fraction of sp³-hybridized carbons (Fsp3) is 0.167. The molecule has 0 unspecified atom stereocenters. The van der Waals surface area contributed by atoms with Gasteiger partial charge < -0.3 is 0 Å². The molecular formula is C24H22ClN3O3S. The predicted molar refractivity (Wildman–Crippen MR) is 127 cm³/mol. The summed E-state index contributed by atoms with van der Waals surface area (Å²) in [5.41, 5.74) is 3.13. The van der Waals surface area contributed by atoms with Gasteiger partial charge in [0.1, 0.15) is 10.7 Å². The molecule has 32 heavy (non-hydrogen) atoms. The number of hydrogen-bond donors (Lipinski definition) is 1. The quantitative estimate of drug-likeness (QED) is 0.461. The van der Waals surface area contributed by atoms with Gasteiger partial charge in [-0.2, -0.15) is 0 Å². The van der Waals surface area contributed by atoms with E-state index in [4.69, 9.17) is 11.6 Å². The van der Waals surface area contributed by atoms with Gasteiger partial charge in [-0.25, -0.2) is 18.1 Å².